The predicted molar refractivity (Wildman–Crippen MR) is 73.1 cm³/mol. The number of carbonyl (C=O) groups excluding carboxylic acids is 1. The van der Waals surface area contributed by atoms with Crippen molar-refractivity contribution in [2.75, 3.05) is 19.0 Å². The van der Waals surface area contributed by atoms with Gasteiger partial charge in [-0.1, -0.05) is 26.2 Å². The number of hydrogen-bond donors (Lipinski definition) is 1. The molecule has 2 rings (SSSR count). The highest BCUT2D eigenvalue weighted by Crippen LogP contribution is 2.35. The molecule has 5 nitrogen and oxygen atoms in total. The van der Waals surface area contributed by atoms with Crippen LogP contribution in [0.3, 0.4) is 0 Å². The van der Waals surface area contributed by atoms with E-state index in [1.807, 2.05) is 0 Å². The zero-order valence-electron chi connectivity index (χ0n) is 11.6. The van der Waals surface area contributed by atoms with Gasteiger partial charge in [-0.2, -0.15) is 0 Å². The summed E-state index contributed by atoms with van der Waals surface area (Å²) in [6.45, 7) is 3.22. The fourth-order valence-electron chi connectivity index (χ4n) is 2.52. The van der Waals surface area contributed by atoms with Gasteiger partial charge >= 0.3 is 5.97 Å². The molecule has 0 amide bonds. The maximum Gasteiger partial charge on any atom is 0.358 e. The monoisotopic (exact) mass is 263 g/mol. The number of esters is 1. The van der Waals surface area contributed by atoms with Crippen molar-refractivity contribution in [2.24, 2.45) is 5.41 Å². The van der Waals surface area contributed by atoms with Crippen LogP contribution in [-0.2, 0) is 4.74 Å². The Bertz CT molecular complexity index is 425. The highest BCUT2D eigenvalue weighted by Gasteiger charge is 2.26. The lowest BCUT2D eigenvalue weighted by Gasteiger charge is -2.33. The standard InChI is InChI=1S/C14H21N3O2/c1-14(6-4-3-5-7-14)10-17-12-9-15-11(8-16-12)13(18)19-2/h8-9H,3-7,10H2,1-2H3,(H,16,17). The second-order valence-corrected chi connectivity index (χ2v) is 5.50. The molecule has 1 saturated carbocycles. The van der Waals surface area contributed by atoms with Crippen LogP contribution in [0.15, 0.2) is 12.4 Å². The van der Waals surface area contributed by atoms with E-state index in [-0.39, 0.29) is 5.69 Å². The van der Waals surface area contributed by atoms with Gasteiger partial charge in [-0.15, -0.1) is 0 Å². The molecule has 19 heavy (non-hydrogen) atoms. The molecule has 0 unspecified atom stereocenters. The third kappa shape index (κ3) is 3.66. The molecule has 0 radical (unpaired) electrons. The Kier molecular flexibility index (Phi) is 4.35. The van der Waals surface area contributed by atoms with Crippen LogP contribution in [-0.4, -0.2) is 29.6 Å². The Morgan fingerprint density at radius 3 is 2.63 bits per heavy atom. The fraction of sp³-hybridized carbons (Fsp3) is 0.643. The number of hydrogen-bond acceptors (Lipinski definition) is 5. The number of nitrogens with one attached hydrogen (secondary N) is 1. The van der Waals surface area contributed by atoms with Crippen LogP contribution in [0.4, 0.5) is 5.82 Å². The van der Waals surface area contributed by atoms with Gasteiger partial charge in [0.25, 0.3) is 0 Å². The highest BCUT2D eigenvalue weighted by atomic mass is 16.5. The summed E-state index contributed by atoms with van der Waals surface area (Å²) < 4.78 is 4.59. The van der Waals surface area contributed by atoms with Crippen molar-refractivity contribution in [1.82, 2.24) is 9.97 Å². The number of anilines is 1. The fourth-order valence-corrected chi connectivity index (χ4v) is 2.52. The van der Waals surface area contributed by atoms with Crippen LogP contribution >= 0.6 is 0 Å². The lowest BCUT2D eigenvalue weighted by Crippen LogP contribution is -2.29. The second kappa shape index (κ2) is 5.99. The number of methoxy groups -OCH3 is 1. The number of carbonyl (C=O) groups is 1. The predicted octanol–water partition coefficient (Wildman–Crippen LogP) is 2.65. The highest BCUT2D eigenvalue weighted by molar-refractivity contribution is 5.86. The van der Waals surface area contributed by atoms with Crippen molar-refractivity contribution in [3.8, 4) is 0 Å². The zero-order valence-corrected chi connectivity index (χ0v) is 11.6. The van der Waals surface area contributed by atoms with Crippen molar-refractivity contribution in [3.63, 3.8) is 0 Å². The van der Waals surface area contributed by atoms with E-state index in [1.165, 1.54) is 45.4 Å². The quantitative estimate of drug-likeness (QED) is 0.846. The molecule has 1 aromatic rings. The topological polar surface area (TPSA) is 64.1 Å². The van der Waals surface area contributed by atoms with Crippen molar-refractivity contribution in [3.05, 3.63) is 18.1 Å². The average molecular weight is 263 g/mol. The molecule has 0 aromatic carbocycles. The number of rotatable bonds is 4. The normalized spacial score (nSPS) is 17.8. The molecule has 0 saturated heterocycles. The van der Waals surface area contributed by atoms with Crippen LogP contribution in [0.1, 0.15) is 49.5 Å². The minimum absolute atomic E-state index is 0.233. The van der Waals surface area contributed by atoms with E-state index in [0.717, 1.165) is 6.54 Å². The van der Waals surface area contributed by atoms with Gasteiger partial charge in [0.1, 0.15) is 5.82 Å². The molecule has 1 aliphatic rings. The SMILES string of the molecule is COC(=O)c1cnc(NCC2(C)CCCCC2)cn1. The minimum atomic E-state index is -0.460. The van der Waals surface area contributed by atoms with Gasteiger partial charge in [-0.3, -0.25) is 0 Å². The molecule has 104 valence electrons. The van der Waals surface area contributed by atoms with E-state index in [2.05, 4.69) is 26.9 Å². The van der Waals surface area contributed by atoms with Crippen LogP contribution < -0.4 is 5.32 Å². The number of nitrogens with zero attached hydrogens (tertiary/aromatic N) is 2. The van der Waals surface area contributed by atoms with Crippen molar-refractivity contribution in [1.29, 1.82) is 0 Å². The molecule has 1 aliphatic carbocycles. The molecular weight excluding hydrogens is 242 g/mol. The van der Waals surface area contributed by atoms with Crippen LogP contribution in [0.25, 0.3) is 0 Å². The third-order valence-corrected chi connectivity index (χ3v) is 3.80. The minimum Gasteiger partial charge on any atom is -0.464 e. The molecule has 5 heteroatoms. The van der Waals surface area contributed by atoms with Crippen LogP contribution in [0, 0.1) is 5.41 Å². The van der Waals surface area contributed by atoms with Gasteiger partial charge in [0.05, 0.1) is 19.5 Å². The van der Waals surface area contributed by atoms with Gasteiger partial charge in [-0.25, -0.2) is 14.8 Å². The van der Waals surface area contributed by atoms with Gasteiger partial charge < -0.3 is 10.1 Å². The largest absolute Gasteiger partial charge is 0.464 e. The van der Waals surface area contributed by atoms with Gasteiger partial charge in [0.15, 0.2) is 5.69 Å². The lowest BCUT2D eigenvalue weighted by atomic mass is 9.76. The van der Waals surface area contributed by atoms with E-state index >= 15 is 0 Å². The third-order valence-electron chi connectivity index (χ3n) is 3.80. The van der Waals surface area contributed by atoms with Crippen molar-refractivity contribution >= 4 is 11.8 Å². The molecular formula is C14H21N3O2. The summed E-state index contributed by atoms with van der Waals surface area (Å²) in [6.07, 6.45) is 9.51. The molecule has 1 aromatic heterocycles. The van der Waals surface area contributed by atoms with Crippen LogP contribution in [0.2, 0.25) is 0 Å². The first kappa shape index (κ1) is 13.8. The molecule has 1 heterocycles. The zero-order chi connectivity index (χ0) is 13.7. The maximum atomic E-state index is 11.2. The Balaban J connectivity index is 1.91. The van der Waals surface area contributed by atoms with E-state index in [9.17, 15) is 4.79 Å². The first-order chi connectivity index (χ1) is 9.13. The first-order valence-corrected chi connectivity index (χ1v) is 6.77. The van der Waals surface area contributed by atoms with E-state index in [4.69, 9.17) is 0 Å². The summed E-state index contributed by atoms with van der Waals surface area (Å²) in [5.41, 5.74) is 0.581. The number of ether oxygens (including phenoxy) is 1. The van der Waals surface area contributed by atoms with Crippen LogP contribution in [0.5, 0.6) is 0 Å². The second-order valence-electron chi connectivity index (χ2n) is 5.50. The Morgan fingerprint density at radius 2 is 2.05 bits per heavy atom. The smallest absolute Gasteiger partial charge is 0.358 e. The molecule has 0 spiro atoms. The van der Waals surface area contributed by atoms with Gasteiger partial charge in [0, 0.05) is 6.54 Å². The summed E-state index contributed by atoms with van der Waals surface area (Å²) in [6, 6.07) is 0. The summed E-state index contributed by atoms with van der Waals surface area (Å²) in [7, 11) is 1.33. The van der Waals surface area contributed by atoms with E-state index in [1.54, 1.807) is 6.20 Å². The summed E-state index contributed by atoms with van der Waals surface area (Å²) in [5.74, 6) is 0.248. The average Bonchev–Trinajstić information content (AvgIpc) is 2.46. The summed E-state index contributed by atoms with van der Waals surface area (Å²) in [5, 5.41) is 3.31. The van der Waals surface area contributed by atoms with Crippen molar-refractivity contribution < 1.29 is 9.53 Å². The van der Waals surface area contributed by atoms with Gasteiger partial charge in [-0.05, 0) is 18.3 Å². The molecule has 1 fully saturated rings. The van der Waals surface area contributed by atoms with E-state index in [0.29, 0.717) is 11.2 Å². The summed E-state index contributed by atoms with van der Waals surface area (Å²) >= 11 is 0. The molecule has 1 N–H and O–H groups in total. The summed E-state index contributed by atoms with van der Waals surface area (Å²) in [4.78, 5) is 19.5. The number of aromatic nitrogens is 2. The molecule has 0 aliphatic heterocycles. The van der Waals surface area contributed by atoms with E-state index < -0.39 is 5.97 Å². The lowest BCUT2D eigenvalue weighted by molar-refractivity contribution is 0.0593. The Labute approximate surface area is 113 Å². The molecule has 0 atom stereocenters. The Morgan fingerprint density at radius 1 is 1.32 bits per heavy atom. The first-order valence-electron chi connectivity index (χ1n) is 6.77. The molecule has 0 bridgehead atoms. The Hall–Kier alpha value is -1.65. The van der Waals surface area contributed by atoms with Crippen molar-refractivity contribution in [2.45, 2.75) is 39.0 Å². The van der Waals surface area contributed by atoms with Gasteiger partial charge in [0.2, 0.25) is 0 Å². The maximum absolute atomic E-state index is 11.2.